The Hall–Kier alpha value is -0.210. The topological polar surface area (TPSA) is 69.9 Å². The second-order valence-electron chi connectivity index (χ2n) is 4.65. The Labute approximate surface area is 104 Å². The van der Waals surface area contributed by atoms with E-state index in [1.54, 1.807) is 4.31 Å². The molecule has 0 radical (unpaired) electrons. The van der Waals surface area contributed by atoms with Gasteiger partial charge in [0.2, 0.25) is 10.0 Å². The van der Waals surface area contributed by atoms with Crippen LogP contribution in [0.15, 0.2) is 0 Å². The first-order valence-electron chi connectivity index (χ1n) is 6.00. The molecule has 1 aliphatic rings. The minimum Gasteiger partial charge on any atom is -0.329 e. The van der Waals surface area contributed by atoms with Gasteiger partial charge >= 0.3 is 0 Å². The minimum absolute atomic E-state index is 0.0602. The molecule has 102 valence electrons. The van der Waals surface area contributed by atoms with E-state index in [9.17, 15) is 8.42 Å². The second kappa shape index (κ2) is 6.65. The van der Waals surface area contributed by atoms with Gasteiger partial charge < -0.3 is 10.6 Å². The van der Waals surface area contributed by atoms with E-state index in [4.69, 9.17) is 5.73 Å². The largest absolute Gasteiger partial charge is 0.329 e. The molecule has 1 aliphatic heterocycles. The Morgan fingerprint density at radius 2 is 1.76 bits per heavy atom. The average molecular weight is 264 g/mol. The van der Waals surface area contributed by atoms with Gasteiger partial charge in [0, 0.05) is 45.8 Å². The van der Waals surface area contributed by atoms with Crippen LogP contribution in [0, 0.1) is 0 Å². The molecule has 0 aromatic rings. The molecule has 17 heavy (non-hydrogen) atoms. The van der Waals surface area contributed by atoms with Gasteiger partial charge in [-0.1, -0.05) is 0 Å². The molecule has 0 aliphatic carbocycles. The van der Waals surface area contributed by atoms with Crippen molar-refractivity contribution in [3.63, 3.8) is 0 Å². The van der Waals surface area contributed by atoms with Gasteiger partial charge in [-0.15, -0.1) is 0 Å². The van der Waals surface area contributed by atoms with E-state index < -0.39 is 10.0 Å². The van der Waals surface area contributed by atoms with Gasteiger partial charge in [0.05, 0.1) is 5.75 Å². The lowest BCUT2D eigenvalue weighted by Crippen LogP contribution is -2.50. The molecule has 1 heterocycles. The van der Waals surface area contributed by atoms with Crippen LogP contribution >= 0.6 is 0 Å². The summed E-state index contributed by atoms with van der Waals surface area (Å²) < 4.78 is 25.1. The van der Waals surface area contributed by atoms with Gasteiger partial charge in [-0.05, 0) is 14.1 Å². The van der Waals surface area contributed by atoms with E-state index in [1.807, 2.05) is 14.1 Å². The maximum atomic E-state index is 11.8. The quantitative estimate of drug-likeness (QED) is 0.629. The van der Waals surface area contributed by atoms with Crippen molar-refractivity contribution < 1.29 is 8.42 Å². The van der Waals surface area contributed by atoms with Crippen LogP contribution in [0.5, 0.6) is 0 Å². The highest BCUT2D eigenvalue weighted by atomic mass is 32.2. The summed E-state index contributed by atoms with van der Waals surface area (Å²) in [6, 6.07) is 0. The number of hydrogen-bond acceptors (Lipinski definition) is 5. The van der Waals surface area contributed by atoms with Crippen molar-refractivity contribution in [3.8, 4) is 0 Å². The average Bonchev–Trinajstić information content (AvgIpc) is 2.27. The van der Waals surface area contributed by atoms with Crippen molar-refractivity contribution in [2.45, 2.75) is 0 Å². The Morgan fingerprint density at radius 3 is 2.24 bits per heavy atom. The van der Waals surface area contributed by atoms with Crippen LogP contribution in [0.4, 0.5) is 0 Å². The van der Waals surface area contributed by atoms with E-state index >= 15 is 0 Å². The summed E-state index contributed by atoms with van der Waals surface area (Å²) in [4.78, 5) is 4.44. The molecular formula is C10H24N4O2S. The third kappa shape index (κ3) is 4.89. The molecule has 1 rings (SSSR count). The minimum atomic E-state index is -3.12. The summed E-state index contributed by atoms with van der Waals surface area (Å²) in [6.07, 6.45) is 0. The number of nitrogens with zero attached hydrogens (tertiary/aromatic N) is 3. The summed E-state index contributed by atoms with van der Waals surface area (Å²) in [7, 11) is 0.970. The molecule has 1 fully saturated rings. The van der Waals surface area contributed by atoms with E-state index in [1.165, 1.54) is 0 Å². The normalized spacial score (nSPS) is 20.0. The second-order valence-corrected chi connectivity index (χ2v) is 6.74. The monoisotopic (exact) mass is 264 g/mol. The van der Waals surface area contributed by atoms with Crippen molar-refractivity contribution in [3.05, 3.63) is 0 Å². The van der Waals surface area contributed by atoms with E-state index in [0.29, 0.717) is 13.1 Å². The SMILES string of the molecule is CN(C)CCN1CCN(S(=O)(=O)CCN)CC1. The third-order valence-corrected chi connectivity index (χ3v) is 4.87. The number of piperazine rings is 1. The first kappa shape index (κ1) is 14.8. The highest BCUT2D eigenvalue weighted by molar-refractivity contribution is 7.89. The van der Waals surface area contributed by atoms with Crippen LogP contribution in [0.3, 0.4) is 0 Å². The molecule has 0 spiro atoms. The number of rotatable bonds is 6. The van der Waals surface area contributed by atoms with Crippen LogP contribution in [-0.2, 0) is 10.0 Å². The molecular weight excluding hydrogens is 240 g/mol. The standard InChI is InChI=1S/C10H24N4O2S/c1-12(2)4-5-13-6-8-14(9-7-13)17(15,16)10-3-11/h3-11H2,1-2H3. The van der Waals surface area contributed by atoms with Crippen molar-refractivity contribution in [1.82, 2.24) is 14.1 Å². The smallest absolute Gasteiger partial charge is 0.215 e. The zero-order valence-electron chi connectivity index (χ0n) is 10.8. The van der Waals surface area contributed by atoms with E-state index in [0.717, 1.165) is 26.2 Å². The Kier molecular flexibility index (Phi) is 5.81. The fourth-order valence-corrected chi connectivity index (χ4v) is 3.13. The fourth-order valence-electron chi connectivity index (χ4n) is 1.85. The number of likely N-dealkylation sites (N-methyl/N-ethyl adjacent to an activating group) is 1. The maximum Gasteiger partial charge on any atom is 0.215 e. The van der Waals surface area contributed by atoms with Crippen LogP contribution in [-0.4, -0.2) is 88.2 Å². The van der Waals surface area contributed by atoms with E-state index in [-0.39, 0.29) is 12.3 Å². The Morgan fingerprint density at radius 1 is 1.18 bits per heavy atom. The summed E-state index contributed by atoms with van der Waals surface area (Å²) in [5, 5.41) is 0. The van der Waals surface area contributed by atoms with Crippen molar-refractivity contribution in [1.29, 1.82) is 0 Å². The summed E-state index contributed by atoms with van der Waals surface area (Å²) in [5.41, 5.74) is 5.31. The van der Waals surface area contributed by atoms with Crippen LogP contribution in [0.2, 0.25) is 0 Å². The van der Waals surface area contributed by atoms with Gasteiger partial charge in [-0.25, -0.2) is 8.42 Å². The molecule has 0 amide bonds. The highest BCUT2D eigenvalue weighted by Crippen LogP contribution is 2.07. The Balaban J connectivity index is 2.35. The molecule has 2 N–H and O–H groups in total. The van der Waals surface area contributed by atoms with Gasteiger partial charge in [0.1, 0.15) is 0 Å². The summed E-state index contributed by atoms with van der Waals surface area (Å²) in [6.45, 7) is 5.03. The predicted octanol–water partition coefficient (Wildman–Crippen LogP) is -1.55. The first-order valence-corrected chi connectivity index (χ1v) is 7.61. The zero-order chi connectivity index (χ0) is 12.9. The third-order valence-electron chi connectivity index (χ3n) is 2.96. The van der Waals surface area contributed by atoms with Gasteiger partial charge in [0.15, 0.2) is 0 Å². The lowest BCUT2D eigenvalue weighted by atomic mass is 10.3. The maximum absolute atomic E-state index is 11.8. The summed E-state index contributed by atoms with van der Waals surface area (Å²) >= 11 is 0. The molecule has 0 saturated carbocycles. The molecule has 0 aromatic heterocycles. The lowest BCUT2D eigenvalue weighted by molar-refractivity contribution is 0.174. The molecule has 7 heteroatoms. The summed E-state index contributed by atoms with van der Waals surface area (Å²) in [5.74, 6) is 0.0602. The number of nitrogens with two attached hydrogens (primary N) is 1. The molecule has 1 saturated heterocycles. The molecule has 0 aromatic carbocycles. The zero-order valence-corrected chi connectivity index (χ0v) is 11.6. The van der Waals surface area contributed by atoms with E-state index in [2.05, 4.69) is 9.80 Å². The van der Waals surface area contributed by atoms with Gasteiger partial charge in [-0.3, -0.25) is 4.90 Å². The Bertz CT molecular complexity index is 310. The van der Waals surface area contributed by atoms with Gasteiger partial charge in [-0.2, -0.15) is 4.31 Å². The van der Waals surface area contributed by atoms with Crippen molar-refractivity contribution >= 4 is 10.0 Å². The van der Waals surface area contributed by atoms with Gasteiger partial charge in [0.25, 0.3) is 0 Å². The van der Waals surface area contributed by atoms with Crippen molar-refractivity contribution in [2.24, 2.45) is 5.73 Å². The van der Waals surface area contributed by atoms with Crippen LogP contribution < -0.4 is 5.73 Å². The first-order chi connectivity index (χ1) is 7.95. The number of sulfonamides is 1. The van der Waals surface area contributed by atoms with Crippen LogP contribution in [0.25, 0.3) is 0 Å². The predicted molar refractivity (Wildman–Crippen MR) is 69.4 cm³/mol. The van der Waals surface area contributed by atoms with Crippen LogP contribution in [0.1, 0.15) is 0 Å². The molecule has 6 nitrogen and oxygen atoms in total. The highest BCUT2D eigenvalue weighted by Gasteiger charge is 2.25. The number of hydrogen-bond donors (Lipinski definition) is 1. The molecule has 0 bridgehead atoms. The van der Waals surface area contributed by atoms with Crippen molar-refractivity contribution in [2.75, 3.05) is 65.7 Å². The fraction of sp³-hybridized carbons (Fsp3) is 1.00. The molecule has 0 atom stereocenters. The lowest BCUT2D eigenvalue weighted by Gasteiger charge is -2.34. The molecule has 0 unspecified atom stereocenters.